The first-order chi connectivity index (χ1) is 18.7. The summed E-state index contributed by atoms with van der Waals surface area (Å²) < 4.78 is 0. The Balaban J connectivity index is 1.05. The van der Waals surface area contributed by atoms with E-state index in [2.05, 4.69) is 111 Å². The van der Waals surface area contributed by atoms with Crippen LogP contribution in [0, 0.1) is 11.8 Å². The molecule has 38 heavy (non-hydrogen) atoms. The molecule has 1 fully saturated rings. The van der Waals surface area contributed by atoms with Crippen molar-refractivity contribution in [1.82, 2.24) is 0 Å². The molecule has 4 aromatic rings. The van der Waals surface area contributed by atoms with E-state index in [1.54, 1.807) is 0 Å². The van der Waals surface area contributed by atoms with Crippen molar-refractivity contribution in [1.29, 1.82) is 0 Å². The monoisotopic (exact) mass is 500 g/mol. The van der Waals surface area contributed by atoms with E-state index in [-0.39, 0.29) is 0 Å². The van der Waals surface area contributed by atoms with Gasteiger partial charge in [-0.05, 0) is 121 Å². The summed E-state index contributed by atoms with van der Waals surface area (Å²) in [6.45, 7) is 4.43. The highest BCUT2D eigenvalue weighted by atomic mass is 14.3. The second kappa shape index (κ2) is 13.1. The van der Waals surface area contributed by atoms with Gasteiger partial charge in [-0.2, -0.15) is 0 Å². The summed E-state index contributed by atoms with van der Waals surface area (Å²) in [7, 11) is 0. The third kappa shape index (κ3) is 7.47. The second-order valence-corrected chi connectivity index (χ2v) is 11.6. The topological polar surface area (TPSA) is 0 Å². The molecule has 1 aliphatic carbocycles. The molecule has 0 aromatic heterocycles. The van der Waals surface area contributed by atoms with Gasteiger partial charge in [-0.25, -0.2) is 0 Å². The van der Waals surface area contributed by atoms with Crippen molar-refractivity contribution in [2.24, 2.45) is 11.8 Å². The van der Waals surface area contributed by atoms with E-state index in [1.807, 2.05) is 0 Å². The van der Waals surface area contributed by atoms with Gasteiger partial charge in [0.25, 0.3) is 0 Å². The van der Waals surface area contributed by atoms with Crippen LogP contribution in [0.15, 0.2) is 97.1 Å². The summed E-state index contributed by atoms with van der Waals surface area (Å²) in [6, 6.07) is 37.1. The van der Waals surface area contributed by atoms with Crippen molar-refractivity contribution >= 4 is 0 Å². The first-order valence-electron chi connectivity index (χ1n) is 15.0. The molecule has 0 nitrogen and oxygen atoms in total. The lowest BCUT2D eigenvalue weighted by Crippen LogP contribution is -2.18. The first-order valence-corrected chi connectivity index (χ1v) is 15.0. The zero-order chi connectivity index (χ0) is 26.2. The van der Waals surface area contributed by atoms with Gasteiger partial charge >= 0.3 is 0 Å². The van der Waals surface area contributed by atoms with Crippen molar-refractivity contribution in [2.45, 2.75) is 78.1 Å². The van der Waals surface area contributed by atoms with Crippen LogP contribution in [0.4, 0.5) is 0 Å². The van der Waals surface area contributed by atoms with Gasteiger partial charge in [0.05, 0.1) is 0 Å². The minimum absolute atomic E-state index is 0.847. The summed E-state index contributed by atoms with van der Waals surface area (Å²) in [5.41, 5.74) is 11.5. The molecule has 0 heterocycles. The molecule has 0 unspecified atom stereocenters. The first kappa shape index (κ1) is 26.5. The fourth-order valence-electron chi connectivity index (χ4n) is 6.15. The van der Waals surface area contributed by atoms with E-state index in [9.17, 15) is 0 Å². The fraction of sp³-hybridized carbons (Fsp3) is 0.368. The van der Waals surface area contributed by atoms with Gasteiger partial charge in [0.2, 0.25) is 0 Å². The molecule has 5 rings (SSSR count). The summed E-state index contributed by atoms with van der Waals surface area (Å²) in [5, 5.41) is 0. The minimum Gasteiger partial charge on any atom is -0.0613 e. The average Bonchev–Trinajstić information content (AvgIpc) is 2.97. The lowest BCUT2D eigenvalue weighted by Gasteiger charge is -2.28. The van der Waals surface area contributed by atoms with E-state index in [4.69, 9.17) is 0 Å². The summed E-state index contributed by atoms with van der Waals surface area (Å²) in [5.74, 6) is 1.69. The molecule has 1 saturated carbocycles. The minimum atomic E-state index is 0.847. The van der Waals surface area contributed by atoms with Crippen molar-refractivity contribution in [3.8, 4) is 0 Å². The van der Waals surface area contributed by atoms with Crippen molar-refractivity contribution in [3.63, 3.8) is 0 Å². The standard InChI is InChI=1S/C38H44/c1-3-29-5-9-31(10-6-29)25-33-13-17-35(18-14-33)27-37-21-23-38(24-22-37)28-36-19-15-34(16-20-36)26-32-11-7-30(4-2)8-12-32/h5-20,37-38H,3-4,21-28H2,1-2H3. The highest BCUT2D eigenvalue weighted by Crippen LogP contribution is 2.33. The van der Waals surface area contributed by atoms with Gasteiger partial charge in [-0.3, -0.25) is 0 Å². The van der Waals surface area contributed by atoms with Gasteiger partial charge in [0.1, 0.15) is 0 Å². The Labute approximate surface area is 231 Å². The van der Waals surface area contributed by atoms with Crippen LogP contribution in [0.25, 0.3) is 0 Å². The van der Waals surface area contributed by atoms with Crippen LogP contribution in [0.2, 0.25) is 0 Å². The second-order valence-electron chi connectivity index (χ2n) is 11.6. The Morgan fingerprint density at radius 2 is 0.605 bits per heavy atom. The number of aryl methyl sites for hydroxylation is 2. The summed E-state index contributed by atoms with van der Waals surface area (Å²) in [6.07, 6.45) is 12.3. The molecular formula is C38H44. The van der Waals surface area contributed by atoms with Crippen LogP contribution in [-0.4, -0.2) is 0 Å². The Morgan fingerprint density at radius 3 is 0.868 bits per heavy atom. The molecule has 0 aliphatic heterocycles. The molecule has 0 bridgehead atoms. The zero-order valence-corrected chi connectivity index (χ0v) is 23.5. The molecule has 0 heteroatoms. The molecule has 0 N–H and O–H groups in total. The Hall–Kier alpha value is -3.12. The van der Waals surface area contributed by atoms with Crippen LogP contribution in [-0.2, 0) is 38.5 Å². The maximum absolute atomic E-state index is 2.38. The highest BCUT2D eigenvalue weighted by molar-refractivity contribution is 5.32. The van der Waals surface area contributed by atoms with Crippen LogP contribution in [0.5, 0.6) is 0 Å². The molecule has 0 atom stereocenters. The fourth-order valence-corrected chi connectivity index (χ4v) is 6.15. The Bertz CT molecular complexity index is 1130. The molecule has 4 aromatic carbocycles. The number of rotatable bonds is 10. The van der Waals surface area contributed by atoms with Crippen LogP contribution in [0.1, 0.15) is 84.0 Å². The summed E-state index contributed by atoms with van der Waals surface area (Å²) >= 11 is 0. The van der Waals surface area contributed by atoms with Crippen molar-refractivity contribution in [2.75, 3.05) is 0 Å². The van der Waals surface area contributed by atoms with Gasteiger partial charge < -0.3 is 0 Å². The maximum atomic E-state index is 2.38. The third-order valence-electron chi connectivity index (χ3n) is 8.74. The van der Waals surface area contributed by atoms with Crippen molar-refractivity contribution < 1.29 is 0 Å². The molecule has 0 radical (unpaired) electrons. The zero-order valence-electron chi connectivity index (χ0n) is 23.5. The van der Waals surface area contributed by atoms with Gasteiger partial charge in [0.15, 0.2) is 0 Å². The number of benzene rings is 4. The van der Waals surface area contributed by atoms with Gasteiger partial charge in [-0.15, -0.1) is 0 Å². The lowest BCUT2D eigenvalue weighted by atomic mass is 9.77. The molecule has 196 valence electrons. The summed E-state index contributed by atoms with van der Waals surface area (Å²) in [4.78, 5) is 0. The average molecular weight is 501 g/mol. The lowest BCUT2D eigenvalue weighted by molar-refractivity contribution is 0.272. The maximum Gasteiger partial charge on any atom is -0.00258 e. The molecular weight excluding hydrogens is 456 g/mol. The van der Waals surface area contributed by atoms with Crippen LogP contribution < -0.4 is 0 Å². The third-order valence-corrected chi connectivity index (χ3v) is 8.74. The molecule has 0 saturated heterocycles. The quantitative estimate of drug-likeness (QED) is 0.203. The van der Waals surface area contributed by atoms with E-state index in [0.717, 1.165) is 37.5 Å². The molecule has 1 aliphatic rings. The van der Waals surface area contributed by atoms with Crippen molar-refractivity contribution in [3.05, 3.63) is 142 Å². The SMILES string of the molecule is CCc1ccc(Cc2ccc(CC3CCC(Cc4ccc(Cc5ccc(CC)cc5)cc4)CC3)cc2)cc1. The highest BCUT2D eigenvalue weighted by Gasteiger charge is 2.21. The Kier molecular flexibility index (Phi) is 9.13. The van der Waals surface area contributed by atoms with E-state index < -0.39 is 0 Å². The predicted octanol–water partition coefficient (Wildman–Crippen LogP) is 9.58. The number of hydrogen-bond donors (Lipinski definition) is 0. The smallest absolute Gasteiger partial charge is 0.00258 e. The van der Waals surface area contributed by atoms with Crippen LogP contribution in [0.3, 0.4) is 0 Å². The Morgan fingerprint density at radius 1 is 0.368 bits per heavy atom. The van der Waals surface area contributed by atoms with E-state index in [0.29, 0.717) is 0 Å². The van der Waals surface area contributed by atoms with E-state index >= 15 is 0 Å². The van der Waals surface area contributed by atoms with Crippen LogP contribution >= 0.6 is 0 Å². The van der Waals surface area contributed by atoms with Gasteiger partial charge in [0, 0.05) is 0 Å². The number of hydrogen-bond acceptors (Lipinski definition) is 0. The van der Waals surface area contributed by atoms with E-state index in [1.165, 1.54) is 83.0 Å². The largest absolute Gasteiger partial charge is 0.0613 e. The normalized spacial score (nSPS) is 17.4. The predicted molar refractivity (Wildman–Crippen MR) is 163 cm³/mol. The molecule has 0 spiro atoms. The van der Waals surface area contributed by atoms with Gasteiger partial charge in [-0.1, -0.05) is 111 Å². The molecule has 0 amide bonds.